The van der Waals surface area contributed by atoms with Crippen LogP contribution in [-0.2, 0) is 21.4 Å². The van der Waals surface area contributed by atoms with Crippen LogP contribution in [0.1, 0.15) is 29.8 Å². The fourth-order valence-electron chi connectivity index (χ4n) is 3.37. The Morgan fingerprint density at radius 1 is 0.939 bits per heavy atom. The molecule has 1 heterocycles. The van der Waals surface area contributed by atoms with Gasteiger partial charge in [-0.2, -0.15) is 4.31 Å². The molecule has 0 bridgehead atoms. The first kappa shape index (κ1) is 25.2. The highest BCUT2D eigenvalue weighted by Gasteiger charge is 2.28. The van der Waals surface area contributed by atoms with E-state index < -0.39 is 15.9 Å². The number of rotatable bonds is 8. The van der Waals surface area contributed by atoms with Crippen molar-refractivity contribution in [2.24, 2.45) is 0 Å². The molecule has 10 heteroatoms. The third-order valence-electron chi connectivity index (χ3n) is 5.20. The van der Waals surface area contributed by atoms with Gasteiger partial charge < -0.3 is 0 Å². The van der Waals surface area contributed by atoms with Crippen LogP contribution >= 0.6 is 11.8 Å². The molecule has 3 rings (SSSR count). The fraction of sp³-hybridized carbons (Fsp3) is 0.391. The van der Waals surface area contributed by atoms with Crippen molar-refractivity contribution in [2.45, 2.75) is 30.5 Å². The molecule has 0 radical (unpaired) electrons. The number of thioether (sulfide) groups is 1. The number of nitrogens with one attached hydrogen (secondary N) is 2. The number of hydrogen-bond acceptors (Lipinski definition) is 6. The van der Waals surface area contributed by atoms with E-state index in [1.807, 2.05) is 32.0 Å². The van der Waals surface area contributed by atoms with Gasteiger partial charge >= 0.3 is 0 Å². The lowest BCUT2D eigenvalue weighted by Gasteiger charge is -2.34. The number of hydrazine groups is 1. The molecule has 1 aliphatic rings. The summed E-state index contributed by atoms with van der Waals surface area (Å²) in [7, 11) is -3.64. The van der Waals surface area contributed by atoms with Gasteiger partial charge in [0.1, 0.15) is 0 Å². The Morgan fingerprint density at radius 3 is 2.18 bits per heavy atom. The van der Waals surface area contributed by atoms with E-state index in [1.165, 1.54) is 45.9 Å². The molecule has 0 spiro atoms. The number of sulfonamides is 1. The maximum absolute atomic E-state index is 13.0. The van der Waals surface area contributed by atoms with Crippen molar-refractivity contribution in [2.75, 3.05) is 31.9 Å². The molecule has 1 aliphatic heterocycles. The summed E-state index contributed by atoms with van der Waals surface area (Å²) < 4.78 is 27.5. The molecule has 0 aliphatic carbocycles. The standard InChI is InChI=1S/C23H30N4O4S2/c1-18(2)32-17-22(28)24-25-23(29)20-8-10-21(11-9-20)33(30,31)27-14-12-26(13-15-27)16-19-6-4-3-5-7-19/h3-11,18H,12-17H2,1-2H3,(H,24,28)(H,25,29). The third kappa shape index (κ3) is 7.29. The largest absolute Gasteiger partial charge is 0.296 e. The van der Waals surface area contributed by atoms with Crippen LogP contribution in [0.4, 0.5) is 0 Å². The number of carbonyl (C=O) groups excluding carboxylic acids is 2. The Balaban J connectivity index is 1.52. The summed E-state index contributed by atoms with van der Waals surface area (Å²) in [4.78, 5) is 26.4. The second-order valence-corrected chi connectivity index (χ2v) is 11.6. The van der Waals surface area contributed by atoms with Crippen molar-refractivity contribution in [3.05, 3.63) is 65.7 Å². The zero-order valence-electron chi connectivity index (χ0n) is 18.9. The van der Waals surface area contributed by atoms with Crippen LogP contribution in [0.5, 0.6) is 0 Å². The molecule has 2 aromatic carbocycles. The van der Waals surface area contributed by atoms with Crippen molar-refractivity contribution in [1.29, 1.82) is 0 Å². The maximum Gasteiger partial charge on any atom is 0.269 e. The Labute approximate surface area is 199 Å². The molecule has 1 fully saturated rings. The van der Waals surface area contributed by atoms with E-state index >= 15 is 0 Å². The molecular formula is C23H30N4O4S2. The molecule has 178 valence electrons. The highest BCUT2D eigenvalue weighted by molar-refractivity contribution is 8.00. The first-order valence-corrected chi connectivity index (χ1v) is 13.3. The van der Waals surface area contributed by atoms with E-state index in [-0.39, 0.29) is 22.1 Å². The normalized spacial score (nSPS) is 15.4. The smallest absolute Gasteiger partial charge is 0.269 e. The first-order valence-electron chi connectivity index (χ1n) is 10.8. The van der Waals surface area contributed by atoms with Gasteiger partial charge in [0, 0.05) is 38.3 Å². The van der Waals surface area contributed by atoms with Crippen LogP contribution in [0.3, 0.4) is 0 Å². The fourth-order valence-corrected chi connectivity index (χ4v) is 5.35. The lowest BCUT2D eigenvalue weighted by molar-refractivity contribution is -0.119. The Kier molecular flexibility index (Phi) is 8.90. The SMILES string of the molecule is CC(C)SCC(=O)NNC(=O)c1ccc(S(=O)(=O)N2CCN(Cc3ccccc3)CC2)cc1. The topological polar surface area (TPSA) is 98.8 Å². The minimum Gasteiger partial charge on any atom is -0.296 e. The van der Waals surface area contributed by atoms with Gasteiger partial charge in [0.25, 0.3) is 5.91 Å². The van der Waals surface area contributed by atoms with Gasteiger partial charge in [-0.3, -0.25) is 25.3 Å². The molecular weight excluding hydrogens is 460 g/mol. The van der Waals surface area contributed by atoms with Gasteiger partial charge in [0.2, 0.25) is 15.9 Å². The molecule has 2 amide bonds. The summed E-state index contributed by atoms with van der Waals surface area (Å²) >= 11 is 1.47. The summed E-state index contributed by atoms with van der Waals surface area (Å²) in [6.07, 6.45) is 0. The number of piperazine rings is 1. The van der Waals surface area contributed by atoms with Crippen LogP contribution in [0, 0.1) is 0 Å². The molecule has 0 unspecified atom stereocenters. The predicted molar refractivity (Wildman–Crippen MR) is 130 cm³/mol. The van der Waals surface area contributed by atoms with E-state index in [0.717, 1.165) is 6.54 Å². The summed E-state index contributed by atoms with van der Waals surface area (Å²) in [5, 5.41) is 0.313. The van der Waals surface area contributed by atoms with Gasteiger partial charge in [-0.15, -0.1) is 11.8 Å². The minimum absolute atomic E-state index is 0.146. The molecule has 0 aromatic heterocycles. The Bertz CT molecular complexity index is 1040. The number of benzene rings is 2. The summed E-state index contributed by atoms with van der Waals surface area (Å²) in [5.41, 5.74) is 6.18. The average molecular weight is 491 g/mol. The summed E-state index contributed by atoms with van der Waals surface area (Å²) in [5.74, 6) is -0.558. The average Bonchev–Trinajstić information content (AvgIpc) is 2.82. The van der Waals surface area contributed by atoms with E-state index in [0.29, 0.717) is 31.4 Å². The number of nitrogens with zero attached hydrogens (tertiary/aromatic N) is 2. The van der Waals surface area contributed by atoms with Crippen molar-refractivity contribution in [3.63, 3.8) is 0 Å². The third-order valence-corrected chi connectivity index (χ3v) is 8.21. The predicted octanol–water partition coefficient (Wildman–Crippen LogP) is 2.10. The highest BCUT2D eigenvalue weighted by Crippen LogP contribution is 2.19. The molecule has 2 aromatic rings. The van der Waals surface area contributed by atoms with E-state index in [9.17, 15) is 18.0 Å². The van der Waals surface area contributed by atoms with Gasteiger partial charge in [-0.25, -0.2) is 8.42 Å². The zero-order valence-corrected chi connectivity index (χ0v) is 20.5. The number of hydrogen-bond donors (Lipinski definition) is 2. The van der Waals surface area contributed by atoms with Gasteiger partial charge in [0.15, 0.2) is 0 Å². The number of carbonyl (C=O) groups is 2. The van der Waals surface area contributed by atoms with Crippen LogP contribution in [-0.4, -0.2) is 66.6 Å². The Morgan fingerprint density at radius 2 is 1.58 bits per heavy atom. The molecule has 0 atom stereocenters. The number of amides is 2. The lowest BCUT2D eigenvalue weighted by Crippen LogP contribution is -2.48. The monoisotopic (exact) mass is 490 g/mol. The van der Waals surface area contributed by atoms with Crippen LogP contribution in [0.2, 0.25) is 0 Å². The summed E-state index contributed by atoms with van der Waals surface area (Å²) in [6, 6.07) is 15.9. The second kappa shape index (κ2) is 11.6. The van der Waals surface area contributed by atoms with Crippen LogP contribution in [0.25, 0.3) is 0 Å². The van der Waals surface area contributed by atoms with Crippen molar-refractivity contribution < 1.29 is 18.0 Å². The highest BCUT2D eigenvalue weighted by atomic mass is 32.2. The van der Waals surface area contributed by atoms with Crippen molar-refractivity contribution >= 4 is 33.6 Å². The lowest BCUT2D eigenvalue weighted by atomic mass is 10.2. The molecule has 8 nitrogen and oxygen atoms in total. The summed E-state index contributed by atoms with van der Waals surface area (Å²) in [6.45, 7) is 6.90. The van der Waals surface area contributed by atoms with E-state index in [1.54, 1.807) is 0 Å². The molecule has 33 heavy (non-hydrogen) atoms. The molecule has 1 saturated heterocycles. The van der Waals surface area contributed by atoms with E-state index in [4.69, 9.17) is 0 Å². The van der Waals surface area contributed by atoms with Crippen LogP contribution in [0.15, 0.2) is 59.5 Å². The first-order chi connectivity index (χ1) is 15.8. The molecule has 0 saturated carbocycles. The quantitative estimate of drug-likeness (QED) is 0.550. The van der Waals surface area contributed by atoms with Crippen molar-refractivity contribution in [1.82, 2.24) is 20.1 Å². The minimum atomic E-state index is -3.64. The van der Waals surface area contributed by atoms with Gasteiger partial charge in [-0.05, 0) is 35.1 Å². The molecule has 2 N–H and O–H groups in total. The zero-order chi connectivity index (χ0) is 23.8. The van der Waals surface area contributed by atoms with Gasteiger partial charge in [-0.1, -0.05) is 44.2 Å². The van der Waals surface area contributed by atoms with Gasteiger partial charge in [0.05, 0.1) is 10.6 Å². The maximum atomic E-state index is 13.0. The van der Waals surface area contributed by atoms with E-state index in [2.05, 4.69) is 27.9 Å². The van der Waals surface area contributed by atoms with Crippen molar-refractivity contribution in [3.8, 4) is 0 Å². The second-order valence-electron chi connectivity index (χ2n) is 8.05. The Hall–Kier alpha value is -2.40. The van der Waals surface area contributed by atoms with Crippen LogP contribution < -0.4 is 10.9 Å².